The minimum atomic E-state index is -0.0105. The summed E-state index contributed by atoms with van der Waals surface area (Å²) < 4.78 is 5.11. The van der Waals surface area contributed by atoms with Crippen molar-refractivity contribution in [3.8, 4) is 0 Å². The lowest BCUT2D eigenvalue weighted by atomic mass is 9.98. The van der Waals surface area contributed by atoms with Crippen molar-refractivity contribution >= 4 is 5.91 Å². The Morgan fingerprint density at radius 1 is 1.54 bits per heavy atom. The summed E-state index contributed by atoms with van der Waals surface area (Å²) in [6.45, 7) is 4.05. The summed E-state index contributed by atoms with van der Waals surface area (Å²) in [6.07, 6.45) is 1.51. The van der Waals surface area contributed by atoms with Gasteiger partial charge in [0.2, 0.25) is 5.91 Å². The summed E-state index contributed by atoms with van der Waals surface area (Å²) in [5, 5.41) is 6.07. The van der Waals surface area contributed by atoms with E-state index in [-0.39, 0.29) is 11.4 Å². The van der Waals surface area contributed by atoms with E-state index in [1.165, 1.54) is 0 Å². The predicted molar refractivity (Wildman–Crippen MR) is 50.5 cm³/mol. The van der Waals surface area contributed by atoms with Crippen molar-refractivity contribution < 1.29 is 9.53 Å². The molecule has 1 aliphatic heterocycles. The number of carbonyl (C=O) groups excluding carboxylic acids is 1. The van der Waals surface area contributed by atoms with Gasteiger partial charge in [-0.2, -0.15) is 0 Å². The van der Waals surface area contributed by atoms with E-state index in [1.54, 1.807) is 0 Å². The molecule has 0 aliphatic carbocycles. The smallest absolute Gasteiger partial charge is 0.220 e. The largest absolute Gasteiger partial charge is 0.377 e. The van der Waals surface area contributed by atoms with Crippen LogP contribution in [0.5, 0.6) is 0 Å². The Morgan fingerprint density at radius 2 is 2.23 bits per heavy atom. The van der Waals surface area contributed by atoms with E-state index in [0.717, 1.165) is 6.42 Å². The molecular weight excluding hydrogens is 168 g/mol. The molecule has 4 heteroatoms. The van der Waals surface area contributed by atoms with Gasteiger partial charge in [0.25, 0.3) is 0 Å². The number of ether oxygens (including phenoxy) is 1. The normalized spacial score (nSPS) is 19.2. The van der Waals surface area contributed by atoms with Gasteiger partial charge in [-0.1, -0.05) is 6.92 Å². The lowest BCUT2D eigenvalue weighted by Gasteiger charge is -2.41. The average molecular weight is 186 g/mol. The lowest BCUT2D eigenvalue weighted by molar-refractivity contribution is -0.123. The standard InChI is InChI=1S/C9H18N2O2/c1-3-4-8(12)11-5-9(10-2)6-13-7-9/h10H,3-7H2,1-2H3,(H,11,12). The quantitative estimate of drug-likeness (QED) is 0.630. The summed E-state index contributed by atoms with van der Waals surface area (Å²) in [7, 11) is 1.90. The molecule has 13 heavy (non-hydrogen) atoms. The average Bonchev–Trinajstić information content (AvgIpc) is 2.04. The van der Waals surface area contributed by atoms with Gasteiger partial charge in [-0.15, -0.1) is 0 Å². The van der Waals surface area contributed by atoms with E-state index in [0.29, 0.717) is 26.2 Å². The van der Waals surface area contributed by atoms with Crippen LogP contribution in [-0.4, -0.2) is 38.3 Å². The predicted octanol–water partition coefficient (Wildman–Crippen LogP) is -0.109. The second-order valence-corrected chi connectivity index (χ2v) is 3.55. The molecule has 0 bridgehead atoms. The number of hydrogen-bond donors (Lipinski definition) is 2. The Hall–Kier alpha value is -0.610. The zero-order valence-electron chi connectivity index (χ0n) is 8.35. The van der Waals surface area contributed by atoms with E-state index >= 15 is 0 Å². The third-order valence-electron chi connectivity index (χ3n) is 2.39. The Labute approximate surface area is 79.0 Å². The second-order valence-electron chi connectivity index (χ2n) is 3.55. The molecule has 0 saturated carbocycles. The number of nitrogens with one attached hydrogen (secondary N) is 2. The first kappa shape index (κ1) is 10.5. The minimum absolute atomic E-state index is 0.0105. The second kappa shape index (κ2) is 4.58. The molecule has 1 fully saturated rings. The highest BCUT2D eigenvalue weighted by molar-refractivity contribution is 5.75. The van der Waals surface area contributed by atoms with E-state index < -0.39 is 0 Å². The van der Waals surface area contributed by atoms with Gasteiger partial charge in [0, 0.05) is 13.0 Å². The van der Waals surface area contributed by atoms with Crippen LogP contribution >= 0.6 is 0 Å². The number of carbonyl (C=O) groups is 1. The van der Waals surface area contributed by atoms with E-state index in [2.05, 4.69) is 10.6 Å². The summed E-state index contributed by atoms with van der Waals surface area (Å²) in [6, 6.07) is 0. The molecule has 1 rings (SSSR count). The van der Waals surface area contributed by atoms with Crippen molar-refractivity contribution in [1.29, 1.82) is 0 Å². The van der Waals surface area contributed by atoms with E-state index in [9.17, 15) is 4.79 Å². The first-order chi connectivity index (χ1) is 6.22. The molecule has 1 amide bonds. The molecule has 0 aromatic carbocycles. The molecule has 76 valence electrons. The Balaban J connectivity index is 2.20. The van der Waals surface area contributed by atoms with Crippen LogP contribution in [0.4, 0.5) is 0 Å². The number of amides is 1. The topological polar surface area (TPSA) is 50.4 Å². The molecule has 4 nitrogen and oxygen atoms in total. The number of rotatable bonds is 5. The Bertz CT molecular complexity index is 173. The van der Waals surface area contributed by atoms with Crippen molar-refractivity contribution in [1.82, 2.24) is 10.6 Å². The third-order valence-corrected chi connectivity index (χ3v) is 2.39. The fourth-order valence-electron chi connectivity index (χ4n) is 1.27. The first-order valence-corrected chi connectivity index (χ1v) is 4.76. The van der Waals surface area contributed by atoms with E-state index in [1.807, 2.05) is 14.0 Å². The third kappa shape index (κ3) is 2.67. The monoisotopic (exact) mass is 186 g/mol. The van der Waals surface area contributed by atoms with Gasteiger partial charge < -0.3 is 15.4 Å². The number of likely N-dealkylation sites (N-methyl/N-ethyl adjacent to an activating group) is 1. The van der Waals surface area contributed by atoms with Crippen LogP contribution in [0.1, 0.15) is 19.8 Å². The first-order valence-electron chi connectivity index (χ1n) is 4.76. The van der Waals surface area contributed by atoms with Crippen LogP contribution in [0.15, 0.2) is 0 Å². The summed E-state index contributed by atoms with van der Waals surface area (Å²) in [4.78, 5) is 11.2. The van der Waals surface area contributed by atoms with Gasteiger partial charge in [0.15, 0.2) is 0 Å². The van der Waals surface area contributed by atoms with Gasteiger partial charge in [-0.3, -0.25) is 4.79 Å². The molecule has 0 radical (unpaired) electrons. The Kier molecular flexibility index (Phi) is 3.69. The van der Waals surface area contributed by atoms with Crippen LogP contribution in [0.25, 0.3) is 0 Å². The van der Waals surface area contributed by atoms with Gasteiger partial charge >= 0.3 is 0 Å². The lowest BCUT2D eigenvalue weighted by Crippen LogP contribution is -2.64. The van der Waals surface area contributed by atoms with Crippen LogP contribution < -0.4 is 10.6 Å². The van der Waals surface area contributed by atoms with Crippen molar-refractivity contribution in [3.05, 3.63) is 0 Å². The fourth-order valence-corrected chi connectivity index (χ4v) is 1.27. The summed E-state index contributed by atoms with van der Waals surface area (Å²) in [5.41, 5.74) is -0.0105. The molecule has 1 saturated heterocycles. The molecule has 0 spiro atoms. The summed E-state index contributed by atoms with van der Waals surface area (Å²) in [5.74, 6) is 0.129. The maximum atomic E-state index is 11.2. The van der Waals surface area contributed by atoms with Gasteiger partial charge in [0.05, 0.1) is 18.8 Å². The molecule has 2 N–H and O–H groups in total. The molecule has 1 aliphatic rings. The van der Waals surface area contributed by atoms with Crippen LogP contribution in [0.3, 0.4) is 0 Å². The SMILES string of the molecule is CCCC(=O)NCC1(NC)COC1. The molecule has 0 aromatic rings. The maximum absolute atomic E-state index is 11.2. The van der Waals surface area contributed by atoms with Crippen molar-refractivity contribution in [2.45, 2.75) is 25.3 Å². The zero-order valence-corrected chi connectivity index (χ0v) is 8.35. The maximum Gasteiger partial charge on any atom is 0.220 e. The van der Waals surface area contributed by atoms with Gasteiger partial charge in [0.1, 0.15) is 0 Å². The molecule has 1 heterocycles. The highest BCUT2D eigenvalue weighted by Gasteiger charge is 2.36. The van der Waals surface area contributed by atoms with Crippen molar-refractivity contribution in [3.63, 3.8) is 0 Å². The minimum Gasteiger partial charge on any atom is -0.377 e. The van der Waals surface area contributed by atoms with Crippen LogP contribution in [0, 0.1) is 0 Å². The highest BCUT2D eigenvalue weighted by Crippen LogP contribution is 2.14. The molecule has 0 aromatic heterocycles. The molecule has 0 unspecified atom stereocenters. The molecular formula is C9H18N2O2. The molecule has 0 atom stereocenters. The van der Waals surface area contributed by atoms with Crippen LogP contribution in [-0.2, 0) is 9.53 Å². The highest BCUT2D eigenvalue weighted by atomic mass is 16.5. The summed E-state index contributed by atoms with van der Waals surface area (Å²) >= 11 is 0. The van der Waals surface area contributed by atoms with E-state index in [4.69, 9.17) is 4.74 Å². The van der Waals surface area contributed by atoms with Crippen molar-refractivity contribution in [2.24, 2.45) is 0 Å². The van der Waals surface area contributed by atoms with Crippen molar-refractivity contribution in [2.75, 3.05) is 26.8 Å². The fraction of sp³-hybridized carbons (Fsp3) is 0.889. The van der Waals surface area contributed by atoms with Gasteiger partial charge in [-0.25, -0.2) is 0 Å². The van der Waals surface area contributed by atoms with Gasteiger partial charge in [-0.05, 0) is 13.5 Å². The zero-order chi connectivity index (χ0) is 9.73. The van der Waals surface area contributed by atoms with Crippen LogP contribution in [0.2, 0.25) is 0 Å². The Morgan fingerprint density at radius 3 is 2.62 bits per heavy atom. The number of hydrogen-bond acceptors (Lipinski definition) is 3.